The number of ether oxygens (including phenoxy) is 2. The maximum Gasteiger partial charge on any atom is 0.0827 e. The maximum absolute atomic E-state index is 5.78. The molecule has 3 nitrogen and oxygen atoms in total. The third kappa shape index (κ3) is 2.59. The highest BCUT2D eigenvalue weighted by molar-refractivity contribution is 5.85. The smallest absolute Gasteiger partial charge is 0.0827 e. The Kier molecular flexibility index (Phi) is 4.29. The van der Waals surface area contributed by atoms with Crippen LogP contribution in [0.25, 0.3) is 0 Å². The molecule has 0 aromatic heterocycles. The van der Waals surface area contributed by atoms with Gasteiger partial charge in [-0.1, -0.05) is 0 Å². The molecule has 1 N–H and O–H groups in total. The van der Waals surface area contributed by atoms with Crippen LogP contribution >= 0.6 is 12.4 Å². The van der Waals surface area contributed by atoms with Crippen LogP contribution in [0.4, 0.5) is 0 Å². The van der Waals surface area contributed by atoms with Crippen molar-refractivity contribution >= 4 is 12.4 Å². The Balaban J connectivity index is 0.000000720. The maximum atomic E-state index is 5.78. The zero-order chi connectivity index (χ0) is 7.52. The summed E-state index contributed by atoms with van der Waals surface area (Å²) in [5.41, 5.74) is 0. The van der Waals surface area contributed by atoms with Gasteiger partial charge in [0.25, 0.3) is 0 Å². The van der Waals surface area contributed by atoms with E-state index in [0.717, 1.165) is 39.1 Å². The minimum absolute atomic E-state index is 0. The first-order valence-electron chi connectivity index (χ1n) is 4.39. The molecular formula is C8H16ClNO2. The summed E-state index contributed by atoms with van der Waals surface area (Å²) in [6.07, 6.45) is 3.11. The highest BCUT2D eigenvalue weighted by atomic mass is 35.5. The summed E-state index contributed by atoms with van der Waals surface area (Å²) in [6, 6.07) is 0. The second-order valence-electron chi connectivity index (χ2n) is 3.23. The Labute approximate surface area is 79.2 Å². The van der Waals surface area contributed by atoms with Gasteiger partial charge in [0.05, 0.1) is 12.2 Å². The molecule has 2 heterocycles. The molecule has 0 aromatic carbocycles. The first kappa shape index (κ1) is 10.3. The van der Waals surface area contributed by atoms with Crippen molar-refractivity contribution in [1.29, 1.82) is 0 Å². The van der Waals surface area contributed by atoms with Crippen LogP contribution in [0.15, 0.2) is 0 Å². The molecule has 0 saturated carbocycles. The number of halogens is 1. The molecule has 0 aliphatic carbocycles. The summed E-state index contributed by atoms with van der Waals surface area (Å²) in [4.78, 5) is 0. The molecule has 0 aromatic rings. The molecule has 0 spiro atoms. The quantitative estimate of drug-likeness (QED) is 0.696. The summed E-state index contributed by atoms with van der Waals surface area (Å²) in [5.74, 6) is 0. The summed E-state index contributed by atoms with van der Waals surface area (Å²) in [7, 11) is 0. The minimum Gasteiger partial charge on any atom is -0.381 e. The van der Waals surface area contributed by atoms with Crippen LogP contribution in [-0.4, -0.2) is 38.5 Å². The summed E-state index contributed by atoms with van der Waals surface area (Å²) in [6.45, 7) is 3.84. The van der Waals surface area contributed by atoms with Crippen LogP contribution in [-0.2, 0) is 9.47 Å². The van der Waals surface area contributed by atoms with Gasteiger partial charge in [0.1, 0.15) is 0 Å². The predicted octanol–water partition coefficient (Wildman–Crippen LogP) is 0.576. The highest BCUT2D eigenvalue weighted by Crippen LogP contribution is 2.14. The van der Waals surface area contributed by atoms with E-state index < -0.39 is 0 Å². The lowest BCUT2D eigenvalue weighted by atomic mass is 10.1. The minimum atomic E-state index is 0. The van der Waals surface area contributed by atoms with E-state index in [1.165, 1.54) is 0 Å². The van der Waals surface area contributed by atoms with Crippen LogP contribution < -0.4 is 5.32 Å². The van der Waals surface area contributed by atoms with E-state index in [9.17, 15) is 0 Å². The van der Waals surface area contributed by atoms with Gasteiger partial charge in [-0.05, 0) is 12.8 Å². The fraction of sp³-hybridized carbons (Fsp3) is 1.00. The van der Waals surface area contributed by atoms with Crippen molar-refractivity contribution in [2.24, 2.45) is 0 Å². The van der Waals surface area contributed by atoms with Gasteiger partial charge in [-0.15, -0.1) is 12.4 Å². The molecule has 0 amide bonds. The SMILES string of the molecule is C1CC(OC2CNC2)CCO1.Cl. The average molecular weight is 194 g/mol. The van der Waals surface area contributed by atoms with Gasteiger partial charge in [-0.3, -0.25) is 0 Å². The van der Waals surface area contributed by atoms with Gasteiger partial charge in [0.2, 0.25) is 0 Å². The fourth-order valence-corrected chi connectivity index (χ4v) is 1.44. The molecule has 2 aliphatic heterocycles. The van der Waals surface area contributed by atoms with Crippen molar-refractivity contribution in [2.45, 2.75) is 25.0 Å². The Morgan fingerprint density at radius 2 is 1.75 bits per heavy atom. The van der Waals surface area contributed by atoms with E-state index >= 15 is 0 Å². The number of nitrogens with one attached hydrogen (secondary N) is 1. The van der Waals surface area contributed by atoms with Crippen molar-refractivity contribution in [3.63, 3.8) is 0 Å². The number of rotatable bonds is 2. The highest BCUT2D eigenvalue weighted by Gasteiger charge is 2.23. The Bertz CT molecular complexity index is 124. The molecule has 72 valence electrons. The van der Waals surface area contributed by atoms with Crippen molar-refractivity contribution in [2.75, 3.05) is 26.3 Å². The second kappa shape index (κ2) is 5.02. The van der Waals surface area contributed by atoms with E-state index in [1.807, 2.05) is 0 Å². The first-order valence-corrected chi connectivity index (χ1v) is 4.39. The van der Waals surface area contributed by atoms with Crippen LogP contribution in [0.2, 0.25) is 0 Å². The molecular weight excluding hydrogens is 178 g/mol. The molecule has 0 bridgehead atoms. The Morgan fingerprint density at radius 3 is 2.25 bits per heavy atom. The van der Waals surface area contributed by atoms with Crippen molar-refractivity contribution < 1.29 is 9.47 Å². The molecule has 12 heavy (non-hydrogen) atoms. The third-order valence-electron chi connectivity index (χ3n) is 2.30. The van der Waals surface area contributed by atoms with Crippen molar-refractivity contribution in [3.05, 3.63) is 0 Å². The van der Waals surface area contributed by atoms with Crippen LogP contribution in [0, 0.1) is 0 Å². The lowest BCUT2D eigenvalue weighted by molar-refractivity contribution is -0.0829. The van der Waals surface area contributed by atoms with E-state index in [0.29, 0.717) is 12.2 Å². The molecule has 0 radical (unpaired) electrons. The largest absolute Gasteiger partial charge is 0.381 e. The topological polar surface area (TPSA) is 30.5 Å². The van der Waals surface area contributed by atoms with E-state index in [1.54, 1.807) is 0 Å². The normalized spacial score (nSPS) is 26.0. The molecule has 2 aliphatic rings. The fourth-order valence-electron chi connectivity index (χ4n) is 1.44. The van der Waals surface area contributed by atoms with Gasteiger partial charge in [-0.2, -0.15) is 0 Å². The standard InChI is InChI=1S/C8H15NO2.ClH/c1-3-10-4-2-7(1)11-8-5-9-6-8;/h7-9H,1-6H2;1H. The first-order chi connectivity index (χ1) is 5.45. The lowest BCUT2D eigenvalue weighted by Gasteiger charge is -2.33. The van der Waals surface area contributed by atoms with Crippen LogP contribution in [0.1, 0.15) is 12.8 Å². The molecule has 2 rings (SSSR count). The van der Waals surface area contributed by atoms with E-state index in [2.05, 4.69) is 5.32 Å². The second-order valence-corrected chi connectivity index (χ2v) is 3.23. The molecule has 0 unspecified atom stereocenters. The van der Waals surface area contributed by atoms with Gasteiger partial charge < -0.3 is 14.8 Å². The monoisotopic (exact) mass is 193 g/mol. The Morgan fingerprint density at radius 1 is 1.08 bits per heavy atom. The molecule has 2 saturated heterocycles. The van der Waals surface area contributed by atoms with Crippen molar-refractivity contribution in [1.82, 2.24) is 5.32 Å². The molecule has 4 heteroatoms. The zero-order valence-corrected chi connectivity index (χ0v) is 7.94. The predicted molar refractivity (Wildman–Crippen MR) is 48.8 cm³/mol. The van der Waals surface area contributed by atoms with Gasteiger partial charge in [0, 0.05) is 26.3 Å². The molecule has 0 atom stereocenters. The van der Waals surface area contributed by atoms with Crippen LogP contribution in [0.5, 0.6) is 0 Å². The third-order valence-corrected chi connectivity index (χ3v) is 2.30. The Hall–Kier alpha value is 0.170. The van der Waals surface area contributed by atoms with Gasteiger partial charge >= 0.3 is 0 Å². The zero-order valence-electron chi connectivity index (χ0n) is 7.12. The van der Waals surface area contributed by atoms with E-state index in [4.69, 9.17) is 9.47 Å². The number of hydrogen-bond acceptors (Lipinski definition) is 3. The average Bonchev–Trinajstić information content (AvgIpc) is 1.99. The van der Waals surface area contributed by atoms with Gasteiger partial charge in [0.15, 0.2) is 0 Å². The lowest BCUT2D eigenvalue weighted by Crippen LogP contribution is -2.50. The van der Waals surface area contributed by atoms with Crippen molar-refractivity contribution in [3.8, 4) is 0 Å². The number of hydrogen-bond donors (Lipinski definition) is 1. The molecule has 2 fully saturated rings. The van der Waals surface area contributed by atoms with E-state index in [-0.39, 0.29) is 12.4 Å². The van der Waals surface area contributed by atoms with Crippen LogP contribution in [0.3, 0.4) is 0 Å². The van der Waals surface area contributed by atoms with Gasteiger partial charge in [-0.25, -0.2) is 0 Å². The summed E-state index contributed by atoms with van der Waals surface area (Å²) < 4.78 is 11.0. The summed E-state index contributed by atoms with van der Waals surface area (Å²) >= 11 is 0. The summed E-state index contributed by atoms with van der Waals surface area (Å²) in [5, 5.41) is 3.19.